The number of nitrogens with one attached hydrogen (secondary N) is 2. The molecule has 0 saturated carbocycles. The quantitative estimate of drug-likeness (QED) is 0.776. The van der Waals surface area contributed by atoms with E-state index in [1.807, 2.05) is 36.1 Å². The highest BCUT2D eigenvalue weighted by Gasteiger charge is 2.32. The van der Waals surface area contributed by atoms with Crippen molar-refractivity contribution in [1.29, 1.82) is 0 Å². The van der Waals surface area contributed by atoms with Gasteiger partial charge in [0.25, 0.3) is 0 Å². The van der Waals surface area contributed by atoms with E-state index in [1.165, 1.54) is 13.3 Å². The molecule has 0 aromatic heterocycles. The molecular formula is C20H30ClN3O3. The van der Waals surface area contributed by atoms with Gasteiger partial charge in [0.15, 0.2) is 0 Å². The van der Waals surface area contributed by atoms with Crippen molar-refractivity contribution in [2.24, 2.45) is 0 Å². The Hall–Kier alpha value is -1.79. The van der Waals surface area contributed by atoms with Crippen molar-refractivity contribution >= 4 is 24.2 Å². The molecule has 2 aliphatic rings. The van der Waals surface area contributed by atoms with Crippen LogP contribution in [0.2, 0.25) is 0 Å². The maximum atomic E-state index is 13.0. The van der Waals surface area contributed by atoms with Gasteiger partial charge in [-0.15, -0.1) is 12.4 Å². The lowest BCUT2D eigenvalue weighted by Crippen LogP contribution is -2.41. The summed E-state index contributed by atoms with van der Waals surface area (Å²) in [6.07, 6.45) is 3.60. The second-order valence-electron chi connectivity index (χ2n) is 7.19. The van der Waals surface area contributed by atoms with Gasteiger partial charge in [0.2, 0.25) is 11.8 Å². The molecule has 3 unspecified atom stereocenters. The van der Waals surface area contributed by atoms with Crippen molar-refractivity contribution in [1.82, 2.24) is 15.5 Å². The zero-order chi connectivity index (χ0) is 18.5. The monoisotopic (exact) mass is 395 g/mol. The van der Waals surface area contributed by atoms with Gasteiger partial charge < -0.3 is 20.3 Å². The summed E-state index contributed by atoms with van der Waals surface area (Å²) in [6.45, 7) is 5.49. The Morgan fingerprint density at radius 1 is 1.26 bits per heavy atom. The zero-order valence-electron chi connectivity index (χ0n) is 16.1. The first-order chi connectivity index (χ1) is 12.6. The first-order valence-electron chi connectivity index (χ1n) is 9.59. The van der Waals surface area contributed by atoms with Crippen molar-refractivity contribution in [3.8, 4) is 5.75 Å². The van der Waals surface area contributed by atoms with Gasteiger partial charge in [-0.25, -0.2) is 0 Å². The molecule has 6 nitrogen and oxygen atoms in total. The fourth-order valence-electron chi connectivity index (χ4n) is 4.01. The summed E-state index contributed by atoms with van der Waals surface area (Å²) >= 11 is 0. The van der Waals surface area contributed by atoms with Gasteiger partial charge in [0.05, 0.1) is 19.1 Å². The van der Waals surface area contributed by atoms with Gasteiger partial charge in [0.1, 0.15) is 5.75 Å². The Bertz CT molecular complexity index is 655. The molecule has 1 aromatic rings. The van der Waals surface area contributed by atoms with E-state index in [-0.39, 0.29) is 36.7 Å². The summed E-state index contributed by atoms with van der Waals surface area (Å²) in [5, 5.41) is 6.53. The number of halogens is 1. The molecule has 2 heterocycles. The van der Waals surface area contributed by atoms with E-state index in [0.717, 1.165) is 37.2 Å². The number of likely N-dealkylation sites (tertiary alicyclic amines) is 1. The number of fused-ring (bicyclic) bond motifs is 2. The predicted octanol–water partition coefficient (Wildman–Crippen LogP) is 2.43. The van der Waals surface area contributed by atoms with E-state index < -0.39 is 0 Å². The van der Waals surface area contributed by atoms with Crippen molar-refractivity contribution in [2.75, 3.05) is 19.7 Å². The van der Waals surface area contributed by atoms with Crippen LogP contribution in [0.5, 0.6) is 5.75 Å². The summed E-state index contributed by atoms with van der Waals surface area (Å²) in [6, 6.07) is 8.18. The van der Waals surface area contributed by atoms with Crippen molar-refractivity contribution in [3.63, 3.8) is 0 Å². The van der Waals surface area contributed by atoms with Crippen LogP contribution < -0.4 is 15.4 Å². The maximum Gasteiger partial charge on any atom is 0.225 e. The maximum absolute atomic E-state index is 13.0. The van der Waals surface area contributed by atoms with Crippen LogP contribution in [-0.4, -0.2) is 48.5 Å². The Labute approximate surface area is 167 Å². The molecule has 3 atom stereocenters. The normalized spacial score (nSPS) is 22.4. The third-order valence-electron chi connectivity index (χ3n) is 5.23. The number of ether oxygens (including phenoxy) is 1. The van der Waals surface area contributed by atoms with Crippen LogP contribution in [0.15, 0.2) is 24.3 Å². The zero-order valence-corrected chi connectivity index (χ0v) is 16.9. The molecule has 2 N–H and O–H groups in total. The van der Waals surface area contributed by atoms with Crippen LogP contribution in [0.1, 0.15) is 51.1 Å². The first-order valence-corrected chi connectivity index (χ1v) is 9.59. The fourth-order valence-corrected chi connectivity index (χ4v) is 4.01. The van der Waals surface area contributed by atoms with Gasteiger partial charge in [-0.3, -0.25) is 9.59 Å². The number of para-hydroxylation sites is 1. The summed E-state index contributed by atoms with van der Waals surface area (Å²) in [4.78, 5) is 26.6. The van der Waals surface area contributed by atoms with Crippen molar-refractivity contribution < 1.29 is 14.3 Å². The topological polar surface area (TPSA) is 70.7 Å². The van der Waals surface area contributed by atoms with Gasteiger partial charge in [0, 0.05) is 37.7 Å². The summed E-state index contributed by atoms with van der Waals surface area (Å²) < 4.78 is 5.70. The molecule has 0 aliphatic carbocycles. The molecule has 2 bridgehead atoms. The van der Waals surface area contributed by atoms with E-state index in [1.54, 1.807) is 0 Å². The summed E-state index contributed by atoms with van der Waals surface area (Å²) in [5.41, 5.74) is 0.854. The molecule has 2 saturated heterocycles. The number of carbonyl (C=O) groups excluding carboxylic acids is 2. The van der Waals surface area contributed by atoms with E-state index in [4.69, 9.17) is 4.74 Å². The van der Waals surface area contributed by atoms with Gasteiger partial charge in [-0.2, -0.15) is 0 Å². The van der Waals surface area contributed by atoms with Crippen LogP contribution >= 0.6 is 12.4 Å². The molecule has 1 aromatic carbocycles. The lowest BCUT2D eigenvalue weighted by molar-refractivity contribution is -0.132. The minimum absolute atomic E-state index is 0. The molecule has 7 heteroatoms. The van der Waals surface area contributed by atoms with E-state index in [2.05, 4.69) is 10.6 Å². The Balaban J connectivity index is 0.00000261. The highest BCUT2D eigenvalue weighted by atomic mass is 35.5. The second-order valence-corrected chi connectivity index (χ2v) is 7.19. The van der Waals surface area contributed by atoms with Crippen molar-refractivity contribution in [3.05, 3.63) is 29.8 Å². The molecular weight excluding hydrogens is 366 g/mol. The Morgan fingerprint density at radius 3 is 2.74 bits per heavy atom. The lowest BCUT2D eigenvalue weighted by atomic mass is 10.0. The number of hydrogen-bond donors (Lipinski definition) is 2. The van der Waals surface area contributed by atoms with Gasteiger partial charge in [-0.05, 0) is 32.3 Å². The fraction of sp³-hybridized carbons (Fsp3) is 0.600. The van der Waals surface area contributed by atoms with Gasteiger partial charge >= 0.3 is 0 Å². The molecule has 2 fully saturated rings. The number of nitrogens with zero attached hydrogens (tertiary/aromatic N) is 1. The minimum atomic E-state index is -0.379. The second kappa shape index (κ2) is 9.95. The molecule has 150 valence electrons. The first kappa shape index (κ1) is 21.5. The number of benzene rings is 1. The largest absolute Gasteiger partial charge is 0.494 e. The number of carbonyl (C=O) groups is 2. The molecule has 0 spiro atoms. The molecule has 2 amide bonds. The minimum Gasteiger partial charge on any atom is -0.494 e. The predicted molar refractivity (Wildman–Crippen MR) is 107 cm³/mol. The smallest absolute Gasteiger partial charge is 0.225 e. The van der Waals surface area contributed by atoms with E-state index in [0.29, 0.717) is 18.7 Å². The summed E-state index contributed by atoms with van der Waals surface area (Å²) in [5.74, 6) is 0.660. The van der Waals surface area contributed by atoms with E-state index >= 15 is 0 Å². The Morgan fingerprint density at radius 2 is 2.00 bits per heavy atom. The molecule has 3 rings (SSSR count). The number of rotatable bonds is 6. The molecule has 27 heavy (non-hydrogen) atoms. The number of hydrogen-bond acceptors (Lipinski definition) is 4. The summed E-state index contributed by atoms with van der Waals surface area (Å²) in [7, 11) is 0. The highest BCUT2D eigenvalue weighted by Crippen LogP contribution is 2.29. The third-order valence-corrected chi connectivity index (χ3v) is 5.23. The van der Waals surface area contributed by atoms with Gasteiger partial charge in [-0.1, -0.05) is 18.2 Å². The van der Waals surface area contributed by atoms with Crippen LogP contribution in [0, 0.1) is 0 Å². The average Bonchev–Trinajstić information content (AvgIpc) is 2.93. The number of amides is 2. The van der Waals surface area contributed by atoms with Crippen LogP contribution in [0.3, 0.4) is 0 Å². The highest BCUT2D eigenvalue weighted by molar-refractivity contribution is 5.85. The average molecular weight is 396 g/mol. The Kier molecular flexibility index (Phi) is 7.92. The van der Waals surface area contributed by atoms with Crippen molar-refractivity contribution in [2.45, 2.75) is 57.7 Å². The van der Waals surface area contributed by atoms with Crippen LogP contribution in [-0.2, 0) is 9.59 Å². The molecule has 2 aliphatic heterocycles. The van der Waals surface area contributed by atoms with E-state index in [9.17, 15) is 9.59 Å². The van der Waals surface area contributed by atoms with Crippen LogP contribution in [0.4, 0.5) is 0 Å². The van der Waals surface area contributed by atoms with Crippen LogP contribution in [0.25, 0.3) is 0 Å². The SMILES string of the molecule is CCOc1ccccc1C(CC(=O)N1CCC2CCC(C1)N2)NC(C)=O.Cl. The molecule has 0 radical (unpaired) electrons. The lowest BCUT2D eigenvalue weighted by Gasteiger charge is -2.27. The third kappa shape index (κ3) is 5.59. The standard InChI is InChI=1S/C20H29N3O3.ClH/c1-3-26-19-7-5-4-6-17(19)18(21-14(2)24)12-20(25)23-11-10-15-8-9-16(13-23)22-15;/h4-7,15-16,18,22H,3,8-13H2,1-2H3,(H,21,24);1H.